The summed E-state index contributed by atoms with van der Waals surface area (Å²) in [6, 6.07) is 2.12. The van der Waals surface area contributed by atoms with Crippen molar-refractivity contribution in [2.45, 2.75) is 31.0 Å². The number of rotatable bonds is 4. The number of pyridine rings is 1. The number of nitrogens with one attached hydrogen (secondary N) is 1. The Balaban J connectivity index is 2.03. The predicted molar refractivity (Wildman–Crippen MR) is 87.5 cm³/mol. The molecule has 1 aromatic rings. The number of anilines is 1. The lowest BCUT2D eigenvalue weighted by atomic mass is 9.76. The SMILES string of the molecule is CNCON1C(=S)N(c2cnc(C#N)c(C(F)(F)F)c2)C(=O)C12CCC2. The van der Waals surface area contributed by atoms with Gasteiger partial charge in [-0.3, -0.25) is 19.8 Å². The van der Waals surface area contributed by atoms with Crippen LogP contribution in [-0.2, 0) is 15.8 Å². The number of alkyl halides is 3. The first-order valence-electron chi connectivity index (χ1n) is 7.70. The number of amides is 1. The van der Waals surface area contributed by atoms with Gasteiger partial charge in [-0.2, -0.15) is 18.4 Å². The lowest BCUT2D eigenvalue weighted by molar-refractivity contribution is -0.186. The third-order valence-electron chi connectivity index (χ3n) is 4.42. The Morgan fingerprint density at radius 1 is 1.50 bits per heavy atom. The zero-order valence-corrected chi connectivity index (χ0v) is 14.4. The van der Waals surface area contributed by atoms with Gasteiger partial charge in [0, 0.05) is 0 Å². The molecule has 1 saturated heterocycles. The van der Waals surface area contributed by atoms with Crippen LogP contribution in [0.25, 0.3) is 0 Å². The number of thiocarbonyl (C=S) groups is 1. The van der Waals surface area contributed by atoms with E-state index in [1.807, 2.05) is 0 Å². The Morgan fingerprint density at radius 2 is 2.19 bits per heavy atom. The maximum Gasteiger partial charge on any atom is 0.419 e. The van der Waals surface area contributed by atoms with Gasteiger partial charge in [0.25, 0.3) is 5.91 Å². The summed E-state index contributed by atoms with van der Waals surface area (Å²) in [5, 5.41) is 12.9. The van der Waals surface area contributed by atoms with Gasteiger partial charge in [-0.05, 0) is 44.6 Å². The highest BCUT2D eigenvalue weighted by molar-refractivity contribution is 7.80. The molecule has 0 bridgehead atoms. The third-order valence-corrected chi connectivity index (χ3v) is 4.76. The van der Waals surface area contributed by atoms with E-state index in [1.165, 1.54) is 11.1 Å². The first kappa shape index (κ1) is 18.5. The van der Waals surface area contributed by atoms with Gasteiger partial charge < -0.3 is 0 Å². The number of carbonyl (C=O) groups is 1. The Labute approximate surface area is 152 Å². The molecule has 138 valence electrons. The van der Waals surface area contributed by atoms with E-state index < -0.39 is 28.9 Å². The molecule has 11 heteroatoms. The fraction of sp³-hybridized carbons (Fsp3) is 0.467. The van der Waals surface area contributed by atoms with Crippen LogP contribution in [0.5, 0.6) is 0 Å². The van der Waals surface area contributed by atoms with Crippen LogP contribution < -0.4 is 10.2 Å². The van der Waals surface area contributed by atoms with E-state index in [4.69, 9.17) is 22.3 Å². The largest absolute Gasteiger partial charge is 0.419 e. The van der Waals surface area contributed by atoms with Crippen molar-refractivity contribution in [2.24, 2.45) is 0 Å². The minimum Gasteiger partial charge on any atom is -0.296 e. The lowest BCUT2D eigenvalue weighted by Gasteiger charge is -2.41. The van der Waals surface area contributed by atoms with Crippen molar-refractivity contribution in [3.8, 4) is 6.07 Å². The molecule has 1 N–H and O–H groups in total. The quantitative estimate of drug-likeness (QED) is 0.627. The summed E-state index contributed by atoms with van der Waals surface area (Å²) in [4.78, 5) is 23.0. The van der Waals surface area contributed by atoms with Crippen LogP contribution in [-0.4, -0.2) is 40.4 Å². The van der Waals surface area contributed by atoms with Gasteiger partial charge in [-0.1, -0.05) is 0 Å². The molecule has 1 aliphatic heterocycles. The Morgan fingerprint density at radius 3 is 2.69 bits per heavy atom. The molecule has 0 radical (unpaired) electrons. The molecule has 1 amide bonds. The monoisotopic (exact) mass is 385 g/mol. The highest BCUT2D eigenvalue weighted by atomic mass is 32.1. The lowest BCUT2D eigenvalue weighted by Crippen LogP contribution is -2.55. The fourth-order valence-corrected chi connectivity index (χ4v) is 3.42. The molecule has 1 saturated carbocycles. The number of halogens is 3. The second-order valence-electron chi connectivity index (χ2n) is 5.93. The van der Waals surface area contributed by atoms with E-state index in [0.29, 0.717) is 18.9 Å². The molecule has 3 rings (SSSR count). The Kier molecular flexibility index (Phi) is 4.60. The minimum atomic E-state index is -4.78. The van der Waals surface area contributed by atoms with Crippen LogP contribution >= 0.6 is 12.2 Å². The van der Waals surface area contributed by atoms with Crippen molar-refractivity contribution in [1.82, 2.24) is 15.4 Å². The average molecular weight is 385 g/mol. The molecule has 7 nitrogen and oxygen atoms in total. The highest BCUT2D eigenvalue weighted by Crippen LogP contribution is 2.46. The number of hydroxylamine groups is 2. The smallest absolute Gasteiger partial charge is 0.296 e. The maximum absolute atomic E-state index is 13.2. The fourth-order valence-electron chi connectivity index (χ4n) is 3.00. The van der Waals surface area contributed by atoms with Crippen LogP contribution in [0.3, 0.4) is 0 Å². The van der Waals surface area contributed by atoms with Crippen LogP contribution in [0, 0.1) is 11.3 Å². The summed E-state index contributed by atoms with van der Waals surface area (Å²) in [6.07, 6.45) is -1.99. The normalized spacial score (nSPS) is 19.0. The van der Waals surface area contributed by atoms with E-state index in [0.717, 1.165) is 17.5 Å². The van der Waals surface area contributed by atoms with E-state index in [9.17, 15) is 18.0 Å². The van der Waals surface area contributed by atoms with Crippen LogP contribution in [0.2, 0.25) is 0 Å². The van der Waals surface area contributed by atoms with Gasteiger partial charge in [0.05, 0.1) is 17.4 Å². The van der Waals surface area contributed by atoms with Gasteiger partial charge in [-0.25, -0.2) is 10.0 Å². The predicted octanol–water partition coefficient (Wildman–Crippen LogP) is 1.94. The van der Waals surface area contributed by atoms with Crippen molar-refractivity contribution in [3.63, 3.8) is 0 Å². The molecule has 2 heterocycles. The van der Waals surface area contributed by atoms with E-state index in [-0.39, 0.29) is 17.5 Å². The summed E-state index contributed by atoms with van der Waals surface area (Å²) >= 11 is 5.29. The summed E-state index contributed by atoms with van der Waals surface area (Å²) < 4.78 is 39.6. The van der Waals surface area contributed by atoms with Crippen molar-refractivity contribution >= 4 is 28.9 Å². The molecule has 2 fully saturated rings. The molecular formula is C15H14F3N5O2S. The molecule has 0 unspecified atom stereocenters. The molecule has 26 heavy (non-hydrogen) atoms. The van der Waals surface area contributed by atoms with Gasteiger partial charge in [0.15, 0.2) is 5.69 Å². The van der Waals surface area contributed by atoms with Crippen molar-refractivity contribution in [1.29, 1.82) is 5.26 Å². The zero-order valence-electron chi connectivity index (χ0n) is 13.6. The molecule has 1 aliphatic carbocycles. The van der Waals surface area contributed by atoms with Crippen LogP contribution in [0.1, 0.15) is 30.5 Å². The topological polar surface area (TPSA) is 81.5 Å². The van der Waals surface area contributed by atoms with Gasteiger partial charge in [-0.15, -0.1) is 0 Å². The van der Waals surface area contributed by atoms with Crippen LogP contribution in [0.4, 0.5) is 18.9 Å². The van der Waals surface area contributed by atoms with E-state index in [2.05, 4.69) is 10.3 Å². The van der Waals surface area contributed by atoms with E-state index >= 15 is 0 Å². The number of carbonyl (C=O) groups excluding carboxylic acids is 1. The number of nitrogens with zero attached hydrogens (tertiary/aromatic N) is 4. The Hall–Kier alpha value is -2.29. The number of hydrogen-bond acceptors (Lipinski definition) is 6. The molecule has 0 atom stereocenters. The first-order chi connectivity index (χ1) is 12.3. The van der Waals surface area contributed by atoms with Gasteiger partial charge in [0.1, 0.15) is 18.3 Å². The first-order valence-corrected chi connectivity index (χ1v) is 8.10. The number of nitriles is 1. The van der Waals surface area contributed by atoms with Crippen molar-refractivity contribution in [2.75, 3.05) is 18.7 Å². The average Bonchev–Trinajstić information content (AvgIpc) is 2.78. The standard InChI is InChI=1S/C15H14F3N5O2S/c1-20-8-25-23-13(26)22(12(24)14(23)3-2-4-14)9-5-10(15(16,17)18)11(6-19)21-7-9/h5,7,20H,2-4,8H2,1H3. The third kappa shape index (κ3) is 2.70. The molecular weight excluding hydrogens is 371 g/mol. The van der Waals surface area contributed by atoms with E-state index in [1.54, 1.807) is 7.05 Å². The van der Waals surface area contributed by atoms with Crippen molar-refractivity contribution < 1.29 is 22.8 Å². The number of hydrogen-bond donors (Lipinski definition) is 1. The summed E-state index contributed by atoms with van der Waals surface area (Å²) in [6.45, 7) is 0.0857. The summed E-state index contributed by atoms with van der Waals surface area (Å²) in [7, 11) is 1.65. The second kappa shape index (κ2) is 6.46. The summed E-state index contributed by atoms with van der Waals surface area (Å²) in [5.41, 5.74) is -3.13. The molecule has 0 aromatic carbocycles. The molecule has 2 aliphatic rings. The summed E-state index contributed by atoms with van der Waals surface area (Å²) in [5.74, 6) is -0.454. The second-order valence-corrected chi connectivity index (χ2v) is 6.29. The molecule has 1 aromatic heterocycles. The maximum atomic E-state index is 13.2. The van der Waals surface area contributed by atoms with Gasteiger partial charge >= 0.3 is 6.18 Å². The number of aromatic nitrogens is 1. The highest BCUT2D eigenvalue weighted by Gasteiger charge is 2.60. The van der Waals surface area contributed by atoms with Crippen molar-refractivity contribution in [3.05, 3.63) is 23.5 Å². The Bertz CT molecular complexity index is 803. The minimum absolute atomic E-state index is 0.0513. The van der Waals surface area contributed by atoms with Gasteiger partial charge in [0.2, 0.25) is 5.11 Å². The molecule has 1 spiro atoms. The van der Waals surface area contributed by atoms with Crippen LogP contribution in [0.15, 0.2) is 12.3 Å². The zero-order chi connectivity index (χ0) is 19.1.